The first kappa shape index (κ1) is 21.2. The highest BCUT2D eigenvalue weighted by Crippen LogP contribution is 2.39. The van der Waals surface area contributed by atoms with Gasteiger partial charge in [-0.15, -0.1) is 0 Å². The number of methoxy groups -OCH3 is 2. The zero-order valence-corrected chi connectivity index (χ0v) is 17.4. The SMILES string of the molecule is COc1cc(C(=O)N2CC=C(c3ccc(C)cc3)CC2)cc(OC)c1OCC(N)=O. The summed E-state index contributed by atoms with van der Waals surface area (Å²) in [5.41, 5.74) is 9.21. The molecule has 2 amide bonds. The van der Waals surface area contributed by atoms with Gasteiger partial charge in [0.15, 0.2) is 18.1 Å². The highest BCUT2D eigenvalue weighted by molar-refractivity contribution is 5.96. The van der Waals surface area contributed by atoms with Crippen molar-refractivity contribution in [2.45, 2.75) is 13.3 Å². The summed E-state index contributed by atoms with van der Waals surface area (Å²) in [7, 11) is 2.91. The molecule has 7 heteroatoms. The molecular weight excluding hydrogens is 384 g/mol. The van der Waals surface area contributed by atoms with E-state index in [2.05, 4.69) is 37.3 Å². The zero-order chi connectivity index (χ0) is 21.7. The molecule has 3 rings (SSSR count). The fraction of sp³-hybridized carbons (Fsp3) is 0.304. The van der Waals surface area contributed by atoms with Crippen LogP contribution in [0.4, 0.5) is 0 Å². The summed E-state index contributed by atoms with van der Waals surface area (Å²) in [6.07, 6.45) is 2.87. The summed E-state index contributed by atoms with van der Waals surface area (Å²) in [4.78, 5) is 25.9. The van der Waals surface area contributed by atoms with E-state index in [4.69, 9.17) is 19.9 Å². The number of carbonyl (C=O) groups excluding carboxylic acids is 2. The summed E-state index contributed by atoms with van der Waals surface area (Å²) in [5, 5.41) is 0. The molecule has 1 aliphatic heterocycles. The number of primary amides is 1. The quantitative estimate of drug-likeness (QED) is 0.758. The average molecular weight is 410 g/mol. The lowest BCUT2D eigenvalue weighted by molar-refractivity contribution is -0.120. The van der Waals surface area contributed by atoms with Gasteiger partial charge in [0.2, 0.25) is 5.75 Å². The third-order valence-electron chi connectivity index (χ3n) is 4.99. The van der Waals surface area contributed by atoms with Gasteiger partial charge in [-0.1, -0.05) is 35.9 Å². The third-order valence-corrected chi connectivity index (χ3v) is 4.99. The Morgan fingerprint density at radius 2 is 1.70 bits per heavy atom. The van der Waals surface area contributed by atoms with Gasteiger partial charge >= 0.3 is 0 Å². The number of amides is 2. The van der Waals surface area contributed by atoms with Gasteiger partial charge in [0.25, 0.3) is 11.8 Å². The van der Waals surface area contributed by atoms with Crippen molar-refractivity contribution in [1.29, 1.82) is 0 Å². The molecule has 2 aromatic carbocycles. The minimum atomic E-state index is -0.622. The maximum atomic E-state index is 13.1. The largest absolute Gasteiger partial charge is 0.493 e. The fourth-order valence-electron chi connectivity index (χ4n) is 3.35. The molecule has 2 aromatic rings. The molecule has 7 nitrogen and oxygen atoms in total. The lowest BCUT2D eigenvalue weighted by Crippen LogP contribution is -2.34. The number of ether oxygens (including phenoxy) is 3. The molecule has 0 fully saturated rings. The molecule has 1 heterocycles. The molecule has 2 N–H and O–H groups in total. The van der Waals surface area contributed by atoms with Crippen LogP contribution < -0.4 is 19.9 Å². The average Bonchev–Trinajstić information content (AvgIpc) is 2.77. The minimum Gasteiger partial charge on any atom is -0.493 e. The fourth-order valence-corrected chi connectivity index (χ4v) is 3.35. The van der Waals surface area contributed by atoms with Gasteiger partial charge < -0.3 is 24.8 Å². The number of hydrogen-bond donors (Lipinski definition) is 1. The van der Waals surface area contributed by atoms with E-state index in [1.807, 2.05) is 0 Å². The van der Waals surface area contributed by atoms with Gasteiger partial charge in [-0.3, -0.25) is 9.59 Å². The molecule has 0 aromatic heterocycles. The number of hydrogen-bond acceptors (Lipinski definition) is 5. The number of rotatable bonds is 7. The van der Waals surface area contributed by atoms with Gasteiger partial charge in [-0.05, 0) is 36.6 Å². The molecule has 30 heavy (non-hydrogen) atoms. The second-order valence-corrected chi connectivity index (χ2v) is 7.06. The van der Waals surface area contributed by atoms with Crippen LogP contribution in [-0.4, -0.2) is 50.6 Å². The monoisotopic (exact) mass is 410 g/mol. The Hall–Kier alpha value is -3.48. The van der Waals surface area contributed by atoms with Crippen molar-refractivity contribution < 1.29 is 23.8 Å². The summed E-state index contributed by atoms with van der Waals surface area (Å²) in [6.45, 7) is 2.88. The molecule has 0 saturated heterocycles. The first-order valence-electron chi connectivity index (χ1n) is 9.65. The van der Waals surface area contributed by atoms with Crippen LogP contribution in [-0.2, 0) is 4.79 Å². The van der Waals surface area contributed by atoms with Crippen LogP contribution in [0.3, 0.4) is 0 Å². The molecule has 0 saturated carbocycles. The van der Waals surface area contributed by atoms with E-state index in [0.717, 1.165) is 6.42 Å². The van der Waals surface area contributed by atoms with Crippen LogP contribution in [0.25, 0.3) is 5.57 Å². The molecule has 0 radical (unpaired) electrons. The zero-order valence-electron chi connectivity index (χ0n) is 17.4. The van der Waals surface area contributed by atoms with E-state index >= 15 is 0 Å². The topological polar surface area (TPSA) is 91.1 Å². The van der Waals surface area contributed by atoms with Gasteiger partial charge in [0.1, 0.15) is 0 Å². The highest BCUT2D eigenvalue weighted by Gasteiger charge is 2.23. The molecular formula is C23H26N2O5. The lowest BCUT2D eigenvalue weighted by Gasteiger charge is -2.27. The Balaban J connectivity index is 1.79. The predicted octanol–water partition coefficient (Wildman–Crippen LogP) is 2.81. The summed E-state index contributed by atoms with van der Waals surface area (Å²) in [6, 6.07) is 11.6. The third kappa shape index (κ3) is 4.74. The van der Waals surface area contributed by atoms with Gasteiger partial charge in [-0.25, -0.2) is 0 Å². The number of benzene rings is 2. The second-order valence-electron chi connectivity index (χ2n) is 7.06. The standard InChI is InChI=1S/C23H26N2O5/c1-15-4-6-16(7-5-15)17-8-10-25(11-9-17)23(27)18-12-19(28-2)22(20(13-18)29-3)30-14-21(24)26/h4-8,12-13H,9-11,14H2,1-3H3,(H2,24,26). The van der Waals surface area contributed by atoms with E-state index in [1.54, 1.807) is 17.0 Å². The number of carbonyl (C=O) groups is 2. The van der Waals surface area contributed by atoms with Crippen LogP contribution in [0, 0.1) is 6.92 Å². The first-order chi connectivity index (χ1) is 14.4. The maximum Gasteiger partial charge on any atom is 0.255 e. The highest BCUT2D eigenvalue weighted by atomic mass is 16.5. The summed E-state index contributed by atoms with van der Waals surface area (Å²) in [5.74, 6) is 0.0743. The molecule has 1 aliphatic rings. The number of nitrogens with two attached hydrogens (primary N) is 1. The van der Waals surface area contributed by atoms with Gasteiger partial charge in [0.05, 0.1) is 14.2 Å². The van der Waals surface area contributed by atoms with Crippen LogP contribution in [0.1, 0.15) is 27.9 Å². The molecule has 0 atom stereocenters. The Kier molecular flexibility index (Phi) is 6.61. The smallest absolute Gasteiger partial charge is 0.255 e. The molecule has 0 unspecified atom stereocenters. The maximum absolute atomic E-state index is 13.1. The van der Waals surface area contributed by atoms with Gasteiger partial charge in [0, 0.05) is 18.7 Å². The Morgan fingerprint density at radius 1 is 1.07 bits per heavy atom. The van der Waals surface area contributed by atoms with Crippen molar-refractivity contribution >= 4 is 17.4 Å². The second kappa shape index (κ2) is 9.35. The molecule has 0 bridgehead atoms. The van der Waals surface area contributed by atoms with E-state index in [-0.39, 0.29) is 18.3 Å². The Morgan fingerprint density at radius 3 is 2.20 bits per heavy atom. The minimum absolute atomic E-state index is 0.132. The van der Waals surface area contributed by atoms with E-state index < -0.39 is 5.91 Å². The van der Waals surface area contributed by atoms with E-state index in [9.17, 15) is 9.59 Å². The van der Waals surface area contributed by atoms with E-state index in [0.29, 0.717) is 30.2 Å². The van der Waals surface area contributed by atoms with Crippen LogP contribution in [0.2, 0.25) is 0 Å². The molecule has 0 spiro atoms. The first-order valence-corrected chi connectivity index (χ1v) is 9.65. The van der Waals surface area contributed by atoms with Gasteiger partial charge in [-0.2, -0.15) is 0 Å². The predicted molar refractivity (Wildman–Crippen MR) is 114 cm³/mol. The van der Waals surface area contributed by atoms with Crippen LogP contribution >= 0.6 is 0 Å². The lowest BCUT2D eigenvalue weighted by atomic mass is 9.98. The van der Waals surface area contributed by atoms with Crippen molar-refractivity contribution in [2.24, 2.45) is 5.73 Å². The molecule has 158 valence electrons. The van der Waals surface area contributed by atoms with Crippen molar-refractivity contribution in [2.75, 3.05) is 33.9 Å². The Labute approximate surface area is 176 Å². The number of aryl methyl sites for hydroxylation is 1. The summed E-state index contributed by atoms with van der Waals surface area (Å²) < 4.78 is 16.1. The van der Waals surface area contributed by atoms with E-state index in [1.165, 1.54) is 30.9 Å². The molecule has 0 aliphatic carbocycles. The van der Waals surface area contributed by atoms with Crippen molar-refractivity contribution in [3.63, 3.8) is 0 Å². The van der Waals surface area contributed by atoms with Crippen LogP contribution in [0.5, 0.6) is 17.2 Å². The van der Waals surface area contributed by atoms with Crippen LogP contribution in [0.15, 0.2) is 42.5 Å². The van der Waals surface area contributed by atoms with Crippen molar-refractivity contribution in [3.05, 3.63) is 59.2 Å². The van der Waals surface area contributed by atoms with Crippen molar-refractivity contribution in [3.8, 4) is 17.2 Å². The normalized spacial score (nSPS) is 13.4. The summed E-state index contributed by atoms with van der Waals surface area (Å²) >= 11 is 0. The van der Waals surface area contributed by atoms with Crippen molar-refractivity contribution in [1.82, 2.24) is 4.90 Å². The number of nitrogens with zero attached hydrogens (tertiary/aromatic N) is 1. The Bertz CT molecular complexity index is 941.